The zero-order valence-corrected chi connectivity index (χ0v) is 9.82. The number of nitrogens with two attached hydrogens (primary N) is 1. The van der Waals surface area contributed by atoms with E-state index in [1.54, 1.807) is 6.20 Å². The lowest BCUT2D eigenvalue weighted by Crippen LogP contribution is -2.06. The third-order valence-electron chi connectivity index (χ3n) is 2.39. The second kappa shape index (κ2) is 4.00. The summed E-state index contributed by atoms with van der Waals surface area (Å²) in [6, 6.07) is 5.78. The summed E-state index contributed by atoms with van der Waals surface area (Å²) in [5.74, 6) is 0.865. The Kier molecular flexibility index (Phi) is 2.69. The molecule has 0 radical (unpaired) electrons. The van der Waals surface area contributed by atoms with Gasteiger partial charge in [-0.3, -0.25) is 4.98 Å². The van der Waals surface area contributed by atoms with Crippen molar-refractivity contribution in [2.45, 2.75) is 26.9 Å². The first-order chi connectivity index (χ1) is 7.58. The fourth-order valence-corrected chi connectivity index (χ4v) is 1.70. The molecular formula is C13H16N2O. The summed E-state index contributed by atoms with van der Waals surface area (Å²) >= 11 is 0. The summed E-state index contributed by atoms with van der Waals surface area (Å²) in [7, 11) is 0. The van der Waals surface area contributed by atoms with Gasteiger partial charge in [0.1, 0.15) is 5.75 Å². The fourth-order valence-electron chi connectivity index (χ4n) is 1.70. The maximum atomic E-state index is 5.91. The molecule has 0 spiro atoms. The molecule has 3 nitrogen and oxygen atoms in total. The van der Waals surface area contributed by atoms with Crippen molar-refractivity contribution in [1.82, 2.24) is 4.98 Å². The average Bonchev–Trinajstić information content (AvgIpc) is 2.22. The molecule has 16 heavy (non-hydrogen) atoms. The van der Waals surface area contributed by atoms with Gasteiger partial charge >= 0.3 is 0 Å². The van der Waals surface area contributed by atoms with Crippen molar-refractivity contribution >= 4 is 16.5 Å². The van der Waals surface area contributed by atoms with Gasteiger partial charge in [0.05, 0.1) is 6.10 Å². The van der Waals surface area contributed by atoms with E-state index in [4.69, 9.17) is 10.5 Å². The standard InChI is InChI=1S/C13H16N2O/c1-8(2)16-13-5-4-12(14)11-7-15-9(3)6-10(11)13/h4-8H,14H2,1-3H3. The summed E-state index contributed by atoms with van der Waals surface area (Å²) in [6.45, 7) is 5.98. The first-order valence-electron chi connectivity index (χ1n) is 5.39. The lowest BCUT2D eigenvalue weighted by atomic mass is 10.1. The van der Waals surface area contributed by atoms with Crippen LogP contribution >= 0.6 is 0 Å². The maximum Gasteiger partial charge on any atom is 0.127 e. The van der Waals surface area contributed by atoms with Crippen LogP contribution in [-0.2, 0) is 0 Å². The van der Waals surface area contributed by atoms with E-state index in [2.05, 4.69) is 4.98 Å². The SMILES string of the molecule is Cc1cc2c(OC(C)C)ccc(N)c2cn1. The van der Waals surface area contributed by atoms with Crippen LogP contribution in [0.2, 0.25) is 0 Å². The minimum Gasteiger partial charge on any atom is -0.490 e. The van der Waals surface area contributed by atoms with Crippen LogP contribution in [0, 0.1) is 6.92 Å². The molecule has 1 aromatic heterocycles. The molecule has 2 N–H and O–H groups in total. The van der Waals surface area contributed by atoms with Gasteiger partial charge in [0.2, 0.25) is 0 Å². The first-order valence-corrected chi connectivity index (χ1v) is 5.39. The minimum atomic E-state index is 0.153. The van der Waals surface area contributed by atoms with Gasteiger partial charge in [-0.2, -0.15) is 0 Å². The molecule has 0 fully saturated rings. The summed E-state index contributed by atoms with van der Waals surface area (Å²) in [6.07, 6.45) is 1.95. The highest BCUT2D eigenvalue weighted by atomic mass is 16.5. The normalized spacial score (nSPS) is 11.0. The molecule has 1 aromatic carbocycles. The van der Waals surface area contributed by atoms with Crippen LogP contribution in [0.4, 0.5) is 5.69 Å². The fraction of sp³-hybridized carbons (Fsp3) is 0.308. The molecule has 0 amide bonds. The number of hydrogen-bond donors (Lipinski definition) is 1. The van der Waals surface area contributed by atoms with Gasteiger partial charge in [-0.05, 0) is 39.0 Å². The van der Waals surface area contributed by atoms with E-state index in [9.17, 15) is 0 Å². The van der Waals surface area contributed by atoms with Crippen LogP contribution < -0.4 is 10.5 Å². The largest absolute Gasteiger partial charge is 0.490 e. The molecule has 0 atom stereocenters. The Bertz CT molecular complexity index is 521. The Hall–Kier alpha value is -1.77. The first kappa shape index (κ1) is 10.7. The van der Waals surface area contributed by atoms with E-state index < -0.39 is 0 Å². The molecule has 84 valence electrons. The zero-order chi connectivity index (χ0) is 11.7. The van der Waals surface area contributed by atoms with E-state index in [0.29, 0.717) is 0 Å². The van der Waals surface area contributed by atoms with Gasteiger partial charge in [0, 0.05) is 28.4 Å². The van der Waals surface area contributed by atoms with Crippen LogP contribution in [0.3, 0.4) is 0 Å². The number of anilines is 1. The van der Waals surface area contributed by atoms with E-state index >= 15 is 0 Å². The molecule has 2 aromatic rings. The molecule has 0 aliphatic heterocycles. The molecular weight excluding hydrogens is 200 g/mol. The van der Waals surface area contributed by atoms with E-state index in [1.165, 1.54) is 0 Å². The molecule has 0 aliphatic rings. The van der Waals surface area contributed by atoms with Gasteiger partial charge in [-0.15, -0.1) is 0 Å². The molecule has 0 saturated heterocycles. The van der Waals surface area contributed by atoms with Gasteiger partial charge in [-0.1, -0.05) is 0 Å². The maximum absolute atomic E-state index is 5.91. The number of aromatic nitrogens is 1. The van der Waals surface area contributed by atoms with E-state index in [1.807, 2.05) is 39.0 Å². The van der Waals surface area contributed by atoms with Crippen LogP contribution in [0.15, 0.2) is 24.4 Å². The average molecular weight is 216 g/mol. The Morgan fingerprint density at radius 2 is 2.00 bits per heavy atom. The highest BCUT2D eigenvalue weighted by Crippen LogP contribution is 2.30. The summed E-state index contributed by atoms with van der Waals surface area (Å²) in [5.41, 5.74) is 7.61. The number of hydrogen-bond acceptors (Lipinski definition) is 3. The number of ether oxygens (including phenoxy) is 1. The lowest BCUT2D eigenvalue weighted by Gasteiger charge is -2.13. The molecule has 3 heteroatoms. The zero-order valence-electron chi connectivity index (χ0n) is 9.82. The van der Waals surface area contributed by atoms with Gasteiger partial charge in [-0.25, -0.2) is 0 Å². The third kappa shape index (κ3) is 1.94. The Labute approximate surface area is 95.2 Å². The van der Waals surface area contributed by atoms with Gasteiger partial charge in [0.25, 0.3) is 0 Å². The van der Waals surface area contributed by atoms with Crippen molar-refractivity contribution in [3.63, 3.8) is 0 Å². The Morgan fingerprint density at radius 1 is 1.25 bits per heavy atom. The van der Waals surface area contributed by atoms with Crippen molar-refractivity contribution < 1.29 is 4.74 Å². The minimum absolute atomic E-state index is 0.153. The number of nitrogens with zero attached hydrogens (tertiary/aromatic N) is 1. The summed E-state index contributed by atoms with van der Waals surface area (Å²) < 4.78 is 5.75. The number of fused-ring (bicyclic) bond motifs is 1. The predicted molar refractivity (Wildman–Crippen MR) is 66.7 cm³/mol. The topological polar surface area (TPSA) is 48.1 Å². The van der Waals surface area contributed by atoms with Crippen molar-refractivity contribution in [3.05, 3.63) is 30.1 Å². The molecule has 0 bridgehead atoms. The molecule has 0 unspecified atom stereocenters. The van der Waals surface area contributed by atoms with Crippen molar-refractivity contribution in [1.29, 1.82) is 0 Å². The summed E-state index contributed by atoms with van der Waals surface area (Å²) in [4.78, 5) is 4.25. The predicted octanol–water partition coefficient (Wildman–Crippen LogP) is 2.91. The van der Waals surface area contributed by atoms with E-state index in [-0.39, 0.29) is 6.10 Å². The van der Waals surface area contributed by atoms with Crippen molar-refractivity contribution in [3.8, 4) is 5.75 Å². The van der Waals surface area contributed by atoms with Crippen LogP contribution in [0.25, 0.3) is 10.8 Å². The number of aryl methyl sites for hydroxylation is 1. The summed E-state index contributed by atoms with van der Waals surface area (Å²) in [5, 5.41) is 1.98. The number of rotatable bonds is 2. The highest BCUT2D eigenvalue weighted by Gasteiger charge is 2.07. The molecule has 2 rings (SSSR count). The van der Waals surface area contributed by atoms with E-state index in [0.717, 1.165) is 27.9 Å². The smallest absolute Gasteiger partial charge is 0.127 e. The second-order valence-corrected chi connectivity index (χ2v) is 4.19. The molecule has 1 heterocycles. The Morgan fingerprint density at radius 3 is 2.69 bits per heavy atom. The van der Waals surface area contributed by atoms with Gasteiger partial charge in [0.15, 0.2) is 0 Å². The van der Waals surface area contributed by atoms with Crippen LogP contribution in [0.1, 0.15) is 19.5 Å². The second-order valence-electron chi connectivity index (χ2n) is 4.19. The quantitative estimate of drug-likeness (QED) is 0.785. The number of pyridine rings is 1. The monoisotopic (exact) mass is 216 g/mol. The van der Waals surface area contributed by atoms with Crippen molar-refractivity contribution in [2.24, 2.45) is 0 Å². The van der Waals surface area contributed by atoms with Gasteiger partial charge < -0.3 is 10.5 Å². The highest BCUT2D eigenvalue weighted by molar-refractivity contribution is 5.96. The molecule has 0 aliphatic carbocycles. The van der Waals surface area contributed by atoms with Crippen molar-refractivity contribution in [2.75, 3.05) is 5.73 Å². The molecule has 0 saturated carbocycles. The number of nitrogen functional groups attached to an aromatic ring is 1. The third-order valence-corrected chi connectivity index (χ3v) is 2.39. The number of benzene rings is 1. The van der Waals surface area contributed by atoms with Crippen LogP contribution in [0.5, 0.6) is 5.75 Å². The Balaban J connectivity index is 2.65. The lowest BCUT2D eigenvalue weighted by molar-refractivity contribution is 0.245. The van der Waals surface area contributed by atoms with Crippen LogP contribution in [-0.4, -0.2) is 11.1 Å².